The van der Waals surface area contributed by atoms with E-state index >= 15 is 0 Å². The Labute approximate surface area is 153 Å². The summed E-state index contributed by atoms with van der Waals surface area (Å²) in [5.41, 5.74) is 1.41. The third kappa shape index (κ3) is 2.97. The second kappa shape index (κ2) is 6.53. The first-order valence-corrected chi connectivity index (χ1v) is 9.20. The Morgan fingerprint density at radius 3 is 2.19 bits per heavy atom. The second-order valence-electron chi connectivity index (χ2n) is 7.31. The van der Waals surface area contributed by atoms with Gasteiger partial charge in [-0.3, -0.25) is 4.90 Å². The zero-order chi connectivity index (χ0) is 17.3. The summed E-state index contributed by atoms with van der Waals surface area (Å²) in [6.07, 6.45) is 3.63. The highest BCUT2D eigenvalue weighted by atomic mass is 15.4. The van der Waals surface area contributed by atoms with Gasteiger partial charge in [-0.2, -0.15) is 5.10 Å². The fraction of sp³-hybridized carbons (Fsp3) is 0.350. The van der Waals surface area contributed by atoms with E-state index in [-0.39, 0.29) is 0 Å². The van der Waals surface area contributed by atoms with Crippen molar-refractivity contribution in [2.75, 3.05) is 31.1 Å². The van der Waals surface area contributed by atoms with Crippen molar-refractivity contribution < 1.29 is 0 Å². The number of hydrogen-bond donors (Lipinski definition) is 0. The van der Waals surface area contributed by atoms with Crippen LogP contribution < -0.4 is 4.90 Å². The Kier molecular flexibility index (Phi) is 3.90. The van der Waals surface area contributed by atoms with Gasteiger partial charge in [0.05, 0.1) is 0 Å². The van der Waals surface area contributed by atoms with E-state index in [2.05, 4.69) is 61.5 Å². The molecule has 0 aliphatic carbocycles. The van der Waals surface area contributed by atoms with Crippen molar-refractivity contribution in [3.05, 3.63) is 66.5 Å². The molecule has 2 aliphatic rings. The molecule has 6 heteroatoms. The topological polar surface area (TPSA) is 50.1 Å². The van der Waals surface area contributed by atoms with Crippen LogP contribution in [0.25, 0.3) is 5.82 Å². The number of likely N-dealkylation sites (tertiary alicyclic amines) is 1. The van der Waals surface area contributed by atoms with Crippen molar-refractivity contribution >= 4 is 5.82 Å². The average Bonchev–Trinajstić information content (AvgIpc) is 3.39. The van der Waals surface area contributed by atoms with Gasteiger partial charge in [0.25, 0.3) is 0 Å². The predicted octanol–water partition coefficient (Wildman–Crippen LogP) is 2.23. The van der Waals surface area contributed by atoms with E-state index < -0.39 is 0 Å². The molecule has 0 saturated carbocycles. The maximum absolute atomic E-state index is 4.43. The highest BCUT2D eigenvalue weighted by Gasteiger charge is 2.40. The molecule has 5 rings (SSSR count). The Morgan fingerprint density at radius 2 is 1.54 bits per heavy atom. The van der Waals surface area contributed by atoms with Gasteiger partial charge in [0.1, 0.15) is 0 Å². The third-order valence-corrected chi connectivity index (χ3v) is 5.51. The van der Waals surface area contributed by atoms with Crippen LogP contribution in [-0.2, 0) is 6.54 Å². The monoisotopic (exact) mass is 346 g/mol. The van der Waals surface area contributed by atoms with Crippen LogP contribution in [0, 0.1) is 11.8 Å². The van der Waals surface area contributed by atoms with Crippen molar-refractivity contribution in [3.8, 4) is 5.82 Å². The molecule has 2 aliphatic heterocycles. The Bertz CT molecular complexity index is 832. The molecule has 0 radical (unpaired) electrons. The van der Waals surface area contributed by atoms with Gasteiger partial charge in [-0.1, -0.05) is 30.3 Å². The lowest BCUT2D eigenvalue weighted by atomic mass is 10.0. The van der Waals surface area contributed by atoms with Crippen LogP contribution in [0.15, 0.2) is 60.9 Å². The smallest absolute Gasteiger partial charge is 0.175 e. The van der Waals surface area contributed by atoms with Gasteiger partial charge < -0.3 is 4.90 Å². The molecule has 0 N–H and O–H groups in total. The molecule has 2 atom stereocenters. The fourth-order valence-electron chi connectivity index (χ4n) is 4.26. The molecule has 2 saturated heterocycles. The summed E-state index contributed by atoms with van der Waals surface area (Å²) < 4.78 is 1.73. The lowest BCUT2D eigenvalue weighted by Gasteiger charge is -2.22. The van der Waals surface area contributed by atoms with Crippen LogP contribution in [-0.4, -0.2) is 51.1 Å². The van der Waals surface area contributed by atoms with E-state index in [0.29, 0.717) is 0 Å². The Hall–Kier alpha value is -2.73. The number of benzene rings is 1. The standard InChI is InChI=1S/C20H22N6/c1-2-5-16(6-3-1)11-24-12-17-14-25(15-18(17)13-24)19-7-8-20(23-22-19)26-10-4-9-21-26/h1-10,17-18H,11-15H2/t17-,18-/m1/s1. The zero-order valence-corrected chi connectivity index (χ0v) is 14.6. The first-order valence-electron chi connectivity index (χ1n) is 9.20. The van der Waals surface area contributed by atoms with E-state index in [1.54, 1.807) is 10.9 Å². The molecule has 26 heavy (non-hydrogen) atoms. The molecule has 132 valence electrons. The molecule has 0 spiro atoms. The maximum Gasteiger partial charge on any atom is 0.175 e. The minimum atomic E-state index is 0.728. The molecule has 2 aromatic heterocycles. The molecule has 0 unspecified atom stereocenters. The minimum absolute atomic E-state index is 0.728. The summed E-state index contributed by atoms with van der Waals surface area (Å²) in [6, 6.07) is 16.7. The zero-order valence-electron chi connectivity index (χ0n) is 14.6. The van der Waals surface area contributed by atoms with E-state index in [1.807, 2.05) is 18.3 Å². The summed E-state index contributed by atoms with van der Waals surface area (Å²) in [6.45, 7) is 5.56. The van der Waals surface area contributed by atoms with Crippen molar-refractivity contribution in [2.24, 2.45) is 11.8 Å². The van der Waals surface area contributed by atoms with Gasteiger partial charge in [0, 0.05) is 45.1 Å². The van der Waals surface area contributed by atoms with Gasteiger partial charge in [0.15, 0.2) is 11.6 Å². The highest BCUT2D eigenvalue weighted by molar-refractivity contribution is 5.41. The van der Waals surface area contributed by atoms with E-state index in [0.717, 1.165) is 43.1 Å². The number of nitrogens with zero attached hydrogens (tertiary/aromatic N) is 6. The van der Waals surface area contributed by atoms with Gasteiger partial charge in [-0.15, -0.1) is 10.2 Å². The molecule has 2 fully saturated rings. The van der Waals surface area contributed by atoms with E-state index in [9.17, 15) is 0 Å². The quantitative estimate of drug-likeness (QED) is 0.725. The average molecular weight is 346 g/mol. The number of rotatable bonds is 4. The van der Waals surface area contributed by atoms with Crippen molar-refractivity contribution in [3.63, 3.8) is 0 Å². The Balaban J connectivity index is 1.21. The molecule has 0 bridgehead atoms. The number of aromatic nitrogens is 4. The van der Waals surface area contributed by atoms with E-state index in [4.69, 9.17) is 0 Å². The lowest BCUT2D eigenvalue weighted by molar-refractivity contribution is 0.309. The second-order valence-corrected chi connectivity index (χ2v) is 7.31. The highest BCUT2D eigenvalue weighted by Crippen LogP contribution is 2.33. The molecule has 4 heterocycles. The van der Waals surface area contributed by atoms with Crippen molar-refractivity contribution in [1.82, 2.24) is 24.9 Å². The van der Waals surface area contributed by atoms with Crippen molar-refractivity contribution in [2.45, 2.75) is 6.54 Å². The van der Waals surface area contributed by atoms with E-state index in [1.165, 1.54) is 18.7 Å². The van der Waals surface area contributed by atoms with Gasteiger partial charge in [-0.25, -0.2) is 4.68 Å². The number of hydrogen-bond acceptors (Lipinski definition) is 5. The largest absolute Gasteiger partial charge is 0.354 e. The normalized spacial score (nSPS) is 22.7. The summed E-state index contributed by atoms with van der Waals surface area (Å²) in [5.74, 6) is 3.19. The van der Waals surface area contributed by atoms with Crippen LogP contribution in [0.1, 0.15) is 5.56 Å². The minimum Gasteiger partial charge on any atom is -0.354 e. The molecule has 0 amide bonds. The van der Waals surface area contributed by atoms with Crippen LogP contribution in [0.5, 0.6) is 0 Å². The molecular formula is C20H22N6. The molecule has 3 aromatic rings. The van der Waals surface area contributed by atoms with Gasteiger partial charge in [-0.05, 0) is 35.6 Å². The maximum atomic E-state index is 4.43. The molecule has 6 nitrogen and oxygen atoms in total. The third-order valence-electron chi connectivity index (χ3n) is 5.51. The molecule has 1 aromatic carbocycles. The fourth-order valence-corrected chi connectivity index (χ4v) is 4.26. The summed E-state index contributed by atoms with van der Waals surface area (Å²) in [7, 11) is 0. The first kappa shape index (κ1) is 15.5. The van der Waals surface area contributed by atoms with Crippen LogP contribution in [0.2, 0.25) is 0 Å². The first-order chi connectivity index (χ1) is 12.8. The van der Waals surface area contributed by atoms with Crippen LogP contribution >= 0.6 is 0 Å². The summed E-state index contributed by atoms with van der Waals surface area (Å²) in [5, 5.41) is 13.0. The number of anilines is 1. The lowest BCUT2D eigenvalue weighted by Crippen LogP contribution is -2.29. The summed E-state index contributed by atoms with van der Waals surface area (Å²) >= 11 is 0. The predicted molar refractivity (Wildman–Crippen MR) is 100 cm³/mol. The van der Waals surface area contributed by atoms with Gasteiger partial charge in [0.2, 0.25) is 0 Å². The number of fused-ring (bicyclic) bond motifs is 1. The van der Waals surface area contributed by atoms with Crippen LogP contribution in [0.3, 0.4) is 0 Å². The van der Waals surface area contributed by atoms with Crippen molar-refractivity contribution in [1.29, 1.82) is 0 Å². The Morgan fingerprint density at radius 1 is 0.808 bits per heavy atom. The SMILES string of the molecule is c1ccc(CN2C[C@@H]3CN(c4ccc(-n5cccn5)nn4)C[C@H]3C2)cc1. The molecular weight excluding hydrogens is 324 g/mol. The van der Waals surface area contributed by atoms with Crippen LogP contribution in [0.4, 0.5) is 5.82 Å². The summed E-state index contributed by atoms with van der Waals surface area (Å²) in [4.78, 5) is 4.98. The van der Waals surface area contributed by atoms with Gasteiger partial charge >= 0.3 is 0 Å².